The highest BCUT2D eigenvalue weighted by atomic mass is 17.0. The minimum Gasteiger partial charge on any atom is -0.412 e. The Kier molecular flexibility index (Phi) is 196000. The maximum absolute atomic E-state index is 7.00. The van der Waals surface area contributed by atoms with Gasteiger partial charge in [0, 0.05) is 19.9 Å². The van der Waals surface area contributed by atoms with Crippen molar-refractivity contribution in [2.75, 3.05) is 0 Å². The van der Waals surface area contributed by atoms with Crippen molar-refractivity contribution < 1.29 is 54.3 Å². The number of hydrogen-bond donors (Lipinski definition) is 4. The van der Waals surface area contributed by atoms with Gasteiger partial charge in [-0.1, -0.05) is 66.8 Å². The van der Waals surface area contributed by atoms with Crippen molar-refractivity contribution >= 4 is 0 Å². The van der Waals surface area contributed by atoms with Gasteiger partial charge >= 0.3 is 11.4 Å². The van der Waals surface area contributed by atoms with Crippen LogP contribution in [0.5, 0.6) is 0 Å². The van der Waals surface area contributed by atoms with Crippen LogP contribution >= 0.6 is 0 Å². The van der Waals surface area contributed by atoms with E-state index in [4.69, 9.17) is 40.9 Å². The van der Waals surface area contributed by atoms with Crippen LogP contribution in [0.3, 0.4) is 0 Å². The van der Waals surface area contributed by atoms with Crippen molar-refractivity contribution in [3.8, 4) is 0 Å². The molecule has 0 atom stereocenters. The first-order valence-corrected chi connectivity index (χ1v) is 0.733. The summed E-state index contributed by atoms with van der Waals surface area (Å²) < 4.78 is 0. The summed E-state index contributed by atoms with van der Waals surface area (Å²) in [6.07, 6.45) is 0. The van der Waals surface area contributed by atoms with E-state index in [1.807, 2.05) is 0 Å². The van der Waals surface area contributed by atoms with Gasteiger partial charge in [-0.15, -0.1) is 0 Å². The molecule has 0 saturated carbocycles. The van der Waals surface area contributed by atoms with Crippen LogP contribution < -0.4 is 0 Å². The van der Waals surface area contributed by atoms with E-state index in [1.54, 1.807) is 0 Å². The molecule has 156 valence electrons. The van der Waals surface area contributed by atoms with Gasteiger partial charge in [-0.05, 0) is 0 Å². The summed E-state index contributed by atoms with van der Waals surface area (Å²) in [5, 5.41) is 24.0. The molecule has 0 aromatic rings. The van der Waals surface area contributed by atoms with E-state index < -0.39 is 0 Å². The first-order chi connectivity index (χ1) is 4.00. The fraction of sp³-hybridized carbons (Fsp3) is 1.00. The van der Waals surface area contributed by atoms with Crippen molar-refractivity contribution in [2.45, 2.75) is 66.8 Å². The van der Waals surface area contributed by atoms with Gasteiger partial charge in [0.2, 0.25) is 0 Å². The summed E-state index contributed by atoms with van der Waals surface area (Å²) in [4.78, 5) is 28.0. The molecule has 0 radical (unpaired) electrons. The predicted octanol–water partition coefficient (Wildman–Crippen LogP) is 3.49. The Labute approximate surface area is 142 Å². The van der Waals surface area contributed by atoms with Crippen LogP contribution in [0.15, 0.2) is 0 Å². The third kappa shape index (κ3) is 4290. The summed E-state index contributed by atoms with van der Waals surface area (Å²) in [5.74, 6) is 0. The lowest BCUT2D eigenvalue weighted by Gasteiger charge is -1.25. The third-order valence-electron chi connectivity index (χ3n) is 0. The van der Waals surface area contributed by atoms with Crippen molar-refractivity contribution in [1.29, 1.82) is 0 Å². The molecule has 0 fully saturated rings. The highest BCUT2D eigenvalue weighted by molar-refractivity contribution is 4.08. The zero-order chi connectivity index (χ0) is 8.00. The molecule has 12 N–H and O–H groups in total. The predicted molar refractivity (Wildman–Crippen MR) is 108 cm³/mol. The summed E-state index contributed by atoms with van der Waals surface area (Å²) in [7, 11) is 0. The highest BCUT2D eigenvalue weighted by Crippen LogP contribution is 0.743. The molecule has 0 spiro atoms. The Morgan fingerprint density at radius 1 is 0.333 bits per heavy atom. The average Bonchev–Trinajstić information content (AvgIpc) is 2.03. The van der Waals surface area contributed by atoms with Crippen LogP contribution in [0.2, 0.25) is 0 Å². The van der Waals surface area contributed by atoms with E-state index in [0.717, 1.165) is 0 Å². The van der Waals surface area contributed by atoms with E-state index in [9.17, 15) is 0 Å². The quantitative estimate of drug-likeness (QED) is 0.366. The molecule has 0 heterocycles. The molecule has 21 heavy (non-hydrogen) atoms. The van der Waals surface area contributed by atoms with E-state index >= 15 is 0 Å². The van der Waals surface area contributed by atoms with Crippen molar-refractivity contribution in [1.82, 2.24) is 0 Å². The molecule has 0 aliphatic carbocycles. The van der Waals surface area contributed by atoms with Crippen molar-refractivity contribution in [2.24, 2.45) is 0 Å². The normalized spacial score (nSPS) is 0.952. The molecule has 0 unspecified atom stereocenters. The molecule has 0 aromatic carbocycles. The number of hydrogen-bond acceptors (Lipinski definition) is 8. The van der Waals surface area contributed by atoms with Gasteiger partial charge < -0.3 is 21.9 Å². The standard InChI is InChI=1S/9CH4.2H2O2.2O2.4H2O/c;;;;;;;;;4*1-2;;;;/h9*1H4;2*1-2H;;;4*1H2/p+8. The SMILES string of the molecule is C.C.C.C.C.C.C.C.C.O.O.O.O.O=O.O=O.OO.OO.[H+].[H+].[H+].[H+].[H+].[H+].[H+].[H+]. The average molecular weight is 357 g/mol. The molecule has 0 saturated heterocycles. The van der Waals surface area contributed by atoms with E-state index in [1.165, 1.54) is 0 Å². The topological polar surface area (TPSA) is 275 Å². The van der Waals surface area contributed by atoms with Gasteiger partial charge in [0.15, 0.2) is 0 Å². The highest BCUT2D eigenvalue weighted by Gasteiger charge is 0.748. The monoisotopic (exact) mass is 356 g/mol. The zero-order valence-corrected chi connectivity index (χ0v) is 5.42. The van der Waals surface area contributed by atoms with Crippen LogP contribution in [0.4, 0.5) is 0 Å². The lowest BCUT2D eigenvalue weighted by Crippen LogP contribution is -1.29. The number of rotatable bonds is 0. The fourth-order valence-electron chi connectivity index (χ4n) is 0. The van der Waals surface area contributed by atoms with Crippen molar-refractivity contribution in [3.63, 3.8) is 0 Å². The first kappa shape index (κ1) is 854. The van der Waals surface area contributed by atoms with Crippen LogP contribution in [0.1, 0.15) is 78.3 Å². The first-order valence-electron chi connectivity index (χ1n) is 0.733. The van der Waals surface area contributed by atoms with Gasteiger partial charge in [0.1, 0.15) is 0 Å². The van der Waals surface area contributed by atoms with Crippen molar-refractivity contribution in [3.05, 3.63) is 19.9 Å². The Balaban J connectivity index is -0.000000000258. The molecule has 12 heteroatoms. The smallest absolute Gasteiger partial charge is 0.412 e. The minimum absolute atomic E-state index is 0. The maximum Gasteiger partial charge on any atom is 1.00 e. The second kappa shape index (κ2) is 4810. The summed E-state index contributed by atoms with van der Waals surface area (Å²) in [6, 6.07) is 0. The van der Waals surface area contributed by atoms with Crippen LogP contribution in [-0.2, 0) is 0 Å². The van der Waals surface area contributed by atoms with Crippen LogP contribution in [-0.4, -0.2) is 42.9 Å². The molecule has 0 amide bonds. The Hall–Kier alpha value is -1.12. The zero-order valence-electron chi connectivity index (χ0n) is 13.4. The van der Waals surface area contributed by atoms with E-state index in [0.29, 0.717) is 0 Å². The maximum atomic E-state index is 7.00. The third-order valence-corrected chi connectivity index (χ3v) is 0. The summed E-state index contributed by atoms with van der Waals surface area (Å²) in [5.41, 5.74) is 0. The second-order valence-electron chi connectivity index (χ2n) is 0. The second-order valence-corrected chi connectivity index (χ2v) is 0. The molecule has 12 nitrogen and oxygen atoms in total. The molecule has 0 aliphatic heterocycles. The molecule has 0 aromatic heterocycles. The molecule has 0 aliphatic rings. The van der Waals surface area contributed by atoms with Crippen LogP contribution in [0, 0.1) is 19.9 Å². The lowest BCUT2D eigenvalue weighted by atomic mass is 12.0. The minimum atomic E-state index is 0. The fourth-order valence-corrected chi connectivity index (χ4v) is 0. The lowest BCUT2D eigenvalue weighted by molar-refractivity contribution is -0.176. The molecule has 0 bridgehead atoms. The Bertz CT molecular complexity index is 47.3. The molecule has 0 rings (SSSR count). The Morgan fingerprint density at radius 3 is 0.333 bits per heavy atom. The molecular formula is C9H56O12+8. The van der Waals surface area contributed by atoms with Gasteiger partial charge in [0.05, 0.1) is 0 Å². The largest absolute Gasteiger partial charge is 1.00 e. The summed E-state index contributed by atoms with van der Waals surface area (Å²) >= 11 is 0. The van der Waals surface area contributed by atoms with Gasteiger partial charge in [-0.2, -0.15) is 0 Å². The van der Waals surface area contributed by atoms with Gasteiger partial charge in [-0.25, -0.2) is 0 Å². The van der Waals surface area contributed by atoms with Gasteiger partial charge in [0.25, 0.3) is 0 Å². The molecular weight excluding hydrogens is 300 g/mol. The van der Waals surface area contributed by atoms with Gasteiger partial charge in [-0.3, -0.25) is 21.0 Å². The van der Waals surface area contributed by atoms with Crippen LogP contribution in [0.25, 0.3) is 0 Å². The Morgan fingerprint density at radius 2 is 0.333 bits per heavy atom. The summed E-state index contributed by atoms with van der Waals surface area (Å²) in [6.45, 7) is 0. The van der Waals surface area contributed by atoms with E-state index in [2.05, 4.69) is 0 Å². The van der Waals surface area contributed by atoms with E-state index in [-0.39, 0.29) is 100 Å².